The van der Waals surface area contributed by atoms with Gasteiger partial charge in [0.2, 0.25) is 5.91 Å². The van der Waals surface area contributed by atoms with Crippen molar-refractivity contribution in [2.75, 3.05) is 6.61 Å². The molecule has 0 aliphatic rings. The van der Waals surface area contributed by atoms with Crippen molar-refractivity contribution >= 4 is 11.9 Å². The number of carbonyl (C=O) groups is 2. The maximum Gasteiger partial charge on any atom is 0.306 e. The Morgan fingerprint density at radius 3 is 1.31 bits per heavy atom. The van der Waals surface area contributed by atoms with Gasteiger partial charge >= 0.3 is 5.97 Å². The molecular formula is C56H101NO5. The molecule has 1 amide bonds. The molecule has 3 N–H and O–H groups in total. The van der Waals surface area contributed by atoms with Crippen LogP contribution in [0.1, 0.15) is 258 Å². The first-order valence-corrected chi connectivity index (χ1v) is 26.6. The minimum absolute atomic E-state index is 0.0615. The van der Waals surface area contributed by atoms with E-state index >= 15 is 0 Å². The SMILES string of the molecule is CC/C=C/C=C/C=C\C=C/C=C/CCCCCC(=O)OC(CCCCCCCCCCCCCCCCCC)CC(=O)NC(CO)C(O)CCCCCCCCCCCCCC. The number of unbranched alkanes of at least 4 members (excludes halogenated alkanes) is 29. The van der Waals surface area contributed by atoms with E-state index < -0.39 is 18.2 Å². The van der Waals surface area contributed by atoms with E-state index in [0.29, 0.717) is 19.3 Å². The summed E-state index contributed by atoms with van der Waals surface area (Å²) in [5.74, 6) is -0.515. The molecule has 6 heteroatoms. The van der Waals surface area contributed by atoms with Gasteiger partial charge in [-0.1, -0.05) is 261 Å². The quantitative estimate of drug-likeness (QED) is 0.0322. The Balaban J connectivity index is 4.64. The van der Waals surface area contributed by atoms with Crippen molar-refractivity contribution in [3.63, 3.8) is 0 Å². The van der Waals surface area contributed by atoms with Gasteiger partial charge in [0.25, 0.3) is 0 Å². The standard InChI is InChI=1S/C56H101NO5/c1-4-7-10-13-16-19-22-25-27-29-30-32-35-38-41-44-47-52(62-56(61)49-46-43-40-37-34-31-28-26-23-20-17-14-11-8-5-2)50-55(60)57-53(51-58)54(59)48-45-42-39-36-33-24-21-18-15-12-9-6-3/h8,11,14,17,20,23,26,28,31,34,52-54,58-59H,4-7,9-10,12-13,15-16,18-19,21-22,24-25,27,29-30,32-33,35-51H2,1-3H3,(H,57,60)/b11-8+,17-14+,23-20-,28-26-,34-31+. The fourth-order valence-electron chi connectivity index (χ4n) is 7.98. The van der Waals surface area contributed by atoms with E-state index in [-0.39, 0.29) is 24.9 Å². The van der Waals surface area contributed by atoms with E-state index in [9.17, 15) is 19.8 Å². The Morgan fingerprint density at radius 2 is 0.871 bits per heavy atom. The molecule has 0 aliphatic heterocycles. The lowest BCUT2D eigenvalue weighted by atomic mass is 10.0. The van der Waals surface area contributed by atoms with Crippen LogP contribution in [0, 0.1) is 0 Å². The molecule has 0 heterocycles. The third kappa shape index (κ3) is 44.2. The number of allylic oxidation sites excluding steroid dienone is 10. The van der Waals surface area contributed by atoms with E-state index in [1.807, 2.05) is 36.5 Å². The van der Waals surface area contributed by atoms with Gasteiger partial charge in [-0.2, -0.15) is 0 Å². The number of ether oxygens (including phenoxy) is 1. The topological polar surface area (TPSA) is 95.9 Å². The van der Waals surface area contributed by atoms with Crippen molar-refractivity contribution in [3.8, 4) is 0 Å². The van der Waals surface area contributed by atoms with Crippen molar-refractivity contribution in [3.05, 3.63) is 60.8 Å². The highest BCUT2D eigenvalue weighted by Crippen LogP contribution is 2.18. The van der Waals surface area contributed by atoms with Gasteiger partial charge in [-0.15, -0.1) is 0 Å². The second-order valence-corrected chi connectivity index (χ2v) is 18.0. The molecule has 3 unspecified atom stereocenters. The van der Waals surface area contributed by atoms with Crippen LogP contribution >= 0.6 is 0 Å². The fourth-order valence-corrected chi connectivity index (χ4v) is 7.98. The van der Waals surface area contributed by atoms with Crippen LogP contribution in [-0.2, 0) is 14.3 Å². The maximum absolute atomic E-state index is 13.2. The van der Waals surface area contributed by atoms with Crippen LogP contribution in [0.3, 0.4) is 0 Å². The molecule has 0 saturated heterocycles. The first-order chi connectivity index (χ1) is 30.5. The zero-order valence-electron chi connectivity index (χ0n) is 41.0. The third-order valence-electron chi connectivity index (χ3n) is 12.0. The van der Waals surface area contributed by atoms with Crippen LogP contribution in [0.2, 0.25) is 0 Å². The molecule has 6 nitrogen and oxygen atoms in total. The maximum atomic E-state index is 13.2. The van der Waals surface area contributed by atoms with Crippen LogP contribution in [0.4, 0.5) is 0 Å². The Labute approximate surface area is 384 Å². The Kier molecular flexibility index (Phi) is 47.6. The van der Waals surface area contributed by atoms with E-state index in [0.717, 1.165) is 70.6 Å². The van der Waals surface area contributed by atoms with Gasteiger partial charge in [0.05, 0.1) is 25.2 Å². The third-order valence-corrected chi connectivity index (χ3v) is 12.0. The number of aliphatic hydroxyl groups is 2. The summed E-state index contributed by atoms with van der Waals surface area (Å²) in [6.45, 7) is 6.34. The predicted molar refractivity (Wildman–Crippen MR) is 268 cm³/mol. The number of esters is 1. The minimum atomic E-state index is -0.795. The Hall–Kier alpha value is -2.44. The van der Waals surface area contributed by atoms with Gasteiger partial charge in [0.15, 0.2) is 0 Å². The first kappa shape index (κ1) is 59.6. The lowest BCUT2D eigenvalue weighted by Crippen LogP contribution is -2.46. The Bertz CT molecular complexity index is 1110. The van der Waals surface area contributed by atoms with E-state index in [2.05, 4.69) is 50.4 Å². The number of aliphatic hydroxyl groups excluding tert-OH is 2. The monoisotopic (exact) mass is 868 g/mol. The molecule has 0 aromatic heterocycles. The summed E-state index contributed by atoms with van der Waals surface area (Å²) in [7, 11) is 0. The average Bonchev–Trinajstić information content (AvgIpc) is 3.26. The van der Waals surface area contributed by atoms with E-state index in [1.165, 1.54) is 141 Å². The lowest BCUT2D eigenvalue weighted by molar-refractivity contribution is -0.151. The van der Waals surface area contributed by atoms with Crippen molar-refractivity contribution < 1.29 is 24.5 Å². The summed E-state index contributed by atoms with van der Waals surface area (Å²) >= 11 is 0. The molecule has 0 bridgehead atoms. The molecule has 0 aromatic rings. The minimum Gasteiger partial charge on any atom is -0.462 e. The summed E-state index contributed by atoms with van der Waals surface area (Å²) in [5, 5.41) is 23.8. The molecule has 0 aromatic carbocycles. The van der Waals surface area contributed by atoms with Crippen molar-refractivity contribution in [1.82, 2.24) is 5.32 Å². The van der Waals surface area contributed by atoms with Gasteiger partial charge in [-0.05, 0) is 44.9 Å². The van der Waals surface area contributed by atoms with Gasteiger partial charge < -0.3 is 20.3 Å². The van der Waals surface area contributed by atoms with E-state index in [4.69, 9.17) is 4.74 Å². The average molecular weight is 868 g/mol. The molecule has 0 spiro atoms. The van der Waals surface area contributed by atoms with Gasteiger partial charge in [-0.25, -0.2) is 0 Å². The number of amides is 1. The Morgan fingerprint density at radius 1 is 0.484 bits per heavy atom. The second kappa shape index (κ2) is 49.6. The normalized spacial score (nSPS) is 13.7. The number of hydrogen-bond donors (Lipinski definition) is 3. The van der Waals surface area contributed by atoms with Gasteiger partial charge in [0, 0.05) is 6.42 Å². The smallest absolute Gasteiger partial charge is 0.306 e. The lowest BCUT2D eigenvalue weighted by Gasteiger charge is -2.24. The summed E-state index contributed by atoms with van der Waals surface area (Å²) < 4.78 is 5.93. The van der Waals surface area contributed by atoms with E-state index in [1.54, 1.807) is 0 Å². The molecule has 0 aliphatic carbocycles. The van der Waals surface area contributed by atoms with Crippen molar-refractivity contribution in [2.45, 2.75) is 277 Å². The molecule has 0 fully saturated rings. The predicted octanol–water partition coefficient (Wildman–Crippen LogP) is 16.0. The van der Waals surface area contributed by atoms with Crippen LogP contribution in [0.15, 0.2) is 60.8 Å². The van der Waals surface area contributed by atoms with Crippen molar-refractivity contribution in [1.29, 1.82) is 0 Å². The van der Waals surface area contributed by atoms with Gasteiger partial charge in [0.1, 0.15) is 6.10 Å². The van der Waals surface area contributed by atoms with Crippen LogP contribution in [0.5, 0.6) is 0 Å². The van der Waals surface area contributed by atoms with Crippen LogP contribution in [-0.4, -0.2) is 46.9 Å². The number of hydrogen-bond acceptors (Lipinski definition) is 5. The fraction of sp³-hybridized carbons (Fsp3) is 0.786. The number of rotatable bonds is 47. The molecule has 0 rings (SSSR count). The molecule has 0 saturated carbocycles. The molecular weight excluding hydrogens is 767 g/mol. The van der Waals surface area contributed by atoms with Gasteiger partial charge in [-0.3, -0.25) is 9.59 Å². The summed E-state index contributed by atoms with van der Waals surface area (Å²) in [6.07, 6.45) is 61.3. The van der Waals surface area contributed by atoms with Crippen molar-refractivity contribution in [2.24, 2.45) is 0 Å². The zero-order chi connectivity index (χ0) is 45.2. The summed E-state index contributed by atoms with van der Waals surface area (Å²) in [6, 6.07) is -0.710. The molecule has 3 atom stereocenters. The second-order valence-electron chi connectivity index (χ2n) is 18.0. The molecule has 360 valence electrons. The zero-order valence-corrected chi connectivity index (χ0v) is 41.0. The highest BCUT2D eigenvalue weighted by atomic mass is 16.5. The molecule has 62 heavy (non-hydrogen) atoms. The highest BCUT2D eigenvalue weighted by molar-refractivity contribution is 5.77. The summed E-state index contributed by atoms with van der Waals surface area (Å²) in [4.78, 5) is 26.2. The summed E-state index contributed by atoms with van der Waals surface area (Å²) in [5.41, 5.74) is 0. The highest BCUT2D eigenvalue weighted by Gasteiger charge is 2.24. The van der Waals surface area contributed by atoms with Crippen LogP contribution < -0.4 is 5.32 Å². The largest absolute Gasteiger partial charge is 0.462 e. The first-order valence-electron chi connectivity index (χ1n) is 26.6. The molecule has 0 radical (unpaired) electrons. The number of nitrogens with one attached hydrogen (secondary N) is 1. The van der Waals surface area contributed by atoms with Crippen LogP contribution in [0.25, 0.3) is 0 Å². The number of carbonyl (C=O) groups excluding carboxylic acids is 2.